The molecular formula is C15H22O4. The van der Waals surface area contributed by atoms with Gasteiger partial charge in [-0.15, -0.1) is 0 Å². The molecule has 0 aliphatic rings. The van der Waals surface area contributed by atoms with Crippen LogP contribution in [0.4, 0.5) is 0 Å². The van der Waals surface area contributed by atoms with Crippen molar-refractivity contribution in [2.45, 2.75) is 39.5 Å². The Kier molecular flexibility index (Phi) is 6.79. The van der Waals surface area contributed by atoms with Crippen molar-refractivity contribution in [1.29, 1.82) is 0 Å². The van der Waals surface area contributed by atoms with Gasteiger partial charge in [0.1, 0.15) is 17.1 Å². The second kappa shape index (κ2) is 8.40. The number of aromatic carboxylic acids is 1. The first-order chi connectivity index (χ1) is 9.19. The lowest BCUT2D eigenvalue weighted by Gasteiger charge is -2.11. The van der Waals surface area contributed by atoms with Crippen molar-refractivity contribution in [3.63, 3.8) is 0 Å². The second-order valence-corrected chi connectivity index (χ2v) is 4.37. The minimum absolute atomic E-state index is 0.158. The fraction of sp³-hybridized carbons (Fsp3) is 0.533. The van der Waals surface area contributed by atoms with Gasteiger partial charge in [0.05, 0.1) is 13.2 Å². The van der Waals surface area contributed by atoms with Crippen LogP contribution in [-0.4, -0.2) is 24.3 Å². The summed E-state index contributed by atoms with van der Waals surface area (Å²) in [4.78, 5) is 11.2. The minimum atomic E-state index is -0.993. The van der Waals surface area contributed by atoms with Crippen LogP contribution in [0.3, 0.4) is 0 Å². The Morgan fingerprint density at radius 1 is 1.11 bits per heavy atom. The highest BCUT2D eigenvalue weighted by molar-refractivity contribution is 5.91. The van der Waals surface area contributed by atoms with E-state index in [-0.39, 0.29) is 5.56 Å². The zero-order valence-electron chi connectivity index (χ0n) is 11.6. The van der Waals surface area contributed by atoms with E-state index in [9.17, 15) is 9.90 Å². The molecule has 1 N–H and O–H groups in total. The van der Waals surface area contributed by atoms with Gasteiger partial charge in [-0.3, -0.25) is 0 Å². The standard InChI is InChI=1S/C15H22O4/c1-3-5-9-18-12-7-8-14(19-10-6-4-2)13(11-12)15(16)17/h7-8,11H,3-6,9-10H2,1-2H3,(H,16,17). The van der Waals surface area contributed by atoms with E-state index in [1.54, 1.807) is 12.1 Å². The summed E-state index contributed by atoms with van der Waals surface area (Å²) in [6.07, 6.45) is 3.93. The molecule has 0 aromatic heterocycles. The van der Waals surface area contributed by atoms with Gasteiger partial charge in [0.25, 0.3) is 0 Å². The van der Waals surface area contributed by atoms with E-state index in [0.29, 0.717) is 24.7 Å². The van der Waals surface area contributed by atoms with Crippen LogP contribution in [0.5, 0.6) is 11.5 Å². The van der Waals surface area contributed by atoms with Crippen molar-refractivity contribution in [1.82, 2.24) is 0 Å². The number of hydrogen-bond acceptors (Lipinski definition) is 3. The lowest BCUT2D eigenvalue weighted by Crippen LogP contribution is -2.05. The van der Waals surface area contributed by atoms with Crippen LogP contribution in [0.15, 0.2) is 18.2 Å². The summed E-state index contributed by atoms with van der Waals surface area (Å²) in [6, 6.07) is 4.95. The number of ether oxygens (including phenoxy) is 2. The summed E-state index contributed by atoms with van der Waals surface area (Å²) >= 11 is 0. The van der Waals surface area contributed by atoms with Gasteiger partial charge in [-0.05, 0) is 31.0 Å². The Bertz CT molecular complexity index is 401. The molecule has 0 radical (unpaired) electrons. The Labute approximate surface area is 114 Å². The molecule has 0 aliphatic heterocycles. The molecule has 4 heteroatoms. The first kappa shape index (κ1) is 15.3. The molecule has 0 saturated heterocycles. The molecule has 0 saturated carbocycles. The SMILES string of the molecule is CCCCOc1ccc(OCCCC)c(C(=O)O)c1. The molecule has 1 rings (SSSR count). The van der Waals surface area contributed by atoms with E-state index in [4.69, 9.17) is 9.47 Å². The second-order valence-electron chi connectivity index (χ2n) is 4.37. The largest absolute Gasteiger partial charge is 0.494 e. The normalized spacial score (nSPS) is 10.2. The number of rotatable bonds is 9. The van der Waals surface area contributed by atoms with E-state index >= 15 is 0 Å². The van der Waals surface area contributed by atoms with E-state index in [1.165, 1.54) is 6.07 Å². The predicted molar refractivity (Wildman–Crippen MR) is 74.2 cm³/mol. The van der Waals surface area contributed by atoms with E-state index in [2.05, 4.69) is 13.8 Å². The van der Waals surface area contributed by atoms with Gasteiger partial charge in [-0.2, -0.15) is 0 Å². The van der Waals surface area contributed by atoms with Crippen molar-refractivity contribution in [2.24, 2.45) is 0 Å². The van der Waals surface area contributed by atoms with E-state index < -0.39 is 5.97 Å². The third-order valence-corrected chi connectivity index (χ3v) is 2.70. The third-order valence-electron chi connectivity index (χ3n) is 2.70. The number of benzene rings is 1. The molecule has 4 nitrogen and oxygen atoms in total. The van der Waals surface area contributed by atoms with E-state index in [1.807, 2.05) is 0 Å². The smallest absolute Gasteiger partial charge is 0.339 e. The van der Waals surface area contributed by atoms with Gasteiger partial charge in [0.15, 0.2) is 0 Å². The maximum Gasteiger partial charge on any atom is 0.339 e. The lowest BCUT2D eigenvalue weighted by molar-refractivity contribution is 0.0691. The zero-order valence-corrected chi connectivity index (χ0v) is 11.6. The van der Waals surface area contributed by atoms with Gasteiger partial charge < -0.3 is 14.6 Å². The van der Waals surface area contributed by atoms with Gasteiger partial charge in [0, 0.05) is 0 Å². The number of carboxylic acids is 1. The summed E-state index contributed by atoms with van der Waals surface area (Å²) in [7, 11) is 0. The van der Waals surface area contributed by atoms with Crippen molar-refractivity contribution in [2.75, 3.05) is 13.2 Å². The highest BCUT2D eigenvalue weighted by atomic mass is 16.5. The predicted octanol–water partition coefficient (Wildman–Crippen LogP) is 3.74. The third kappa shape index (κ3) is 5.20. The highest BCUT2D eigenvalue weighted by Crippen LogP contribution is 2.24. The molecule has 0 atom stereocenters. The molecule has 0 amide bonds. The molecule has 106 valence electrons. The maximum atomic E-state index is 11.2. The van der Waals surface area contributed by atoms with Crippen LogP contribution in [0, 0.1) is 0 Å². The molecule has 1 aromatic rings. The van der Waals surface area contributed by atoms with Crippen LogP contribution >= 0.6 is 0 Å². The topological polar surface area (TPSA) is 55.8 Å². The Hall–Kier alpha value is -1.71. The molecular weight excluding hydrogens is 244 g/mol. The molecule has 0 fully saturated rings. The van der Waals surface area contributed by atoms with Gasteiger partial charge in [-0.1, -0.05) is 26.7 Å². The van der Waals surface area contributed by atoms with Gasteiger partial charge in [-0.25, -0.2) is 4.79 Å². The Balaban J connectivity index is 2.73. The first-order valence-electron chi connectivity index (χ1n) is 6.82. The highest BCUT2D eigenvalue weighted by Gasteiger charge is 2.12. The van der Waals surface area contributed by atoms with Crippen LogP contribution in [0.1, 0.15) is 49.9 Å². The lowest BCUT2D eigenvalue weighted by atomic mass is 10.2. The number of carbonyl (C=O) groups is 1. The average molecular weight is 266 g/mol. The molecule has 19 heavy (non-hydrogen) atoms. The van der Waals surface area contributed by atoms with Crippen LogP contribution < -0.4 is 9.47 Å². The maximum absolute atomic E-state index is 11.2. The zero-order chi connectivity index (χ0) is 14.1. The van der Waals surface area contributed by atoms with Crippen LogP contribution in [0.2, 0.25) is 0 Å². The monoisotopic (exact) mass is 266 g/mol. The molecule has 1 aromatic carbocycles. The summed E-state index contributed by atoms with van der Waals surface area (Å²) in [5.41, 5.74) is 0.158. The number of carboxylic acid groups (broad SMARTS) is 1. The van der Waals surface area contributed by atoms with E-state index in [0.717, 1.165) is 25.7 Å². The number of unbranched alkanes of at least 4 members (excludes halogenated alkanes) is 2. The quantitative estimate of drug-likeness (QED) is 0.692. The fourth-order valence-corrected chi connectivity index (χ4v) is 1.55. The molecule has 0 spiro atoms. The van der Waals surface area contributed by atoms with Gasteiger partial charge in [0.2, 0.25) is 0 Å². The summed E-state index contributed by atoms with van der Waals surface area (Å²) in [5.74, 6) is -0.00933. The minimum Gasteiger partial charge on any atom is -0.494 e. The number of hydrogen-bond donors (Lipinski definition) is 1. The van der Waals surface area contributed by atoms with Crippen molar-refractivity contribution in [3.8, 4) is 11.5 Å². The molecule has 0 bridgehead atoms. The first-order valence-corrected chi connectivity index (χ1v) is 6.82. The van der Waals surface area contributed by atoms with Crippen LogP contribution in [0.25, 0.3) is 0 Å². The molecule has 0 aliphatic carbocycles. The fourth-order valence-electron chi connectivity index (χ4n) is 1.55. The van der Waals surface area contributed by atoms with Crippen molar-refractivity contribution in [3.05, 3.63) is 23.8 Å². The molecule has 0 unspecified atom stereocenters. The van der Waals surface area contributed by atoms with Crippen LogP contribution in [-0.2, 0) is 0 Å². The van der Waals surface area contributed by atoms with Crippen molar-refractivity contribution < 1.29 is 19.4 Å². The average Bonchev–Trinajstić information content (AvgIpc) is 2.40. The Morgan fingerprint density at radius 3 is 2.32 bits per heavy atom. The summed E-state index contributed by atoms with van der Waals surface area (Å²) < 4.78 is 11.0. The van der Waals surface area contributed by atoms with Crippen molar-refractivity contribution >= 4 is 5.97 Å². The van der Waals surface area contributed by atoms with Gasteiger partial charge >= 0.3 is 5.97 Å². The summed E-state index contributed by atoms with van der Waals surface area (Å²) in [5, 5.41) is 9.18. The Morgan fingerprint density at radius 2 is 1.74 bits per heavy atom. The molecule has 0 heterocycles. The summed E-state index contributed by atoms with van der Waals surface area (Å²) in [6.45, 7) is 5.28.